The summed E-state index contributed by atoms with van der Waals surface area (Å²) in [6.07, 6.45) is -2.72. The Hall–Kier alpha value is -3.97. The van der Waals surface area contributed by atoms with Gasteiger partial charge in [-0.05, 0) is 24.1 Å². The van der Waals surface area contributed by atoms with E-state index in [9.17, 15) is 18.0 Å². The maximum Gasteiger partial charge on any atom is 0.244 e. The fourth-order valence-corrected chi connectivity index (χ4v) is 4.52. The van der Waals surface area contributed by atoms with Crippen molar-refractivity contribution in [2.24, 2.45) is 0 Å². The first-order valence-electron chi connectivity index (χ1n) is 11.7. The third-order valence-electron chi connectivity index (χ3n) is 6.41. The van der Waals surface area contributed by atoms with E-state index in [1.54, 1.807) is 18.2 Å². The van der Waals surface area contributed by atoms with Gasteiger partial charge in [0.2, 0.25) is 24.2 Å². The smallest absolute Gasteiger partial charge is 0.244 e. The van der Waals surface area contributed by atoms with E-state index in [-0.39, 0.29) is 41.9 Å². The van der Waals surface area contributed by atoms with Crippen LogP contribution in [0.1, 0.15) is 19.8 Å². The second-order valence-electron chi connectivity index (χ2n) is 8.81. The normalized spacial score (nSPS) is 18.2. The van der Waals surface area contributed by atoms with Crippen LogP contribution in [0.4, 0.5) is 23.5 Å². The number of carbonyl (C=O) groups excluding carboxylic acids is 1. The van der Waals surface area contributed by atoms with Crippen LogP contribution in [0.25, 0.3) is 27.7 Å². The summed E-state index contributed by atoms with van der Waals surface area (Å²) in [5.41, 5.74) is 1.76. The van der Waals surface area contributed by atoms with Gasteiger partial charge in [-0.3, -0.25) is 4.79 Å². The number of halogens is 4. The van der Waals surface area contributed by atoms with Crippen molar-refractivity contribution in [2.75, 3.05) is 25.5 Å². The highest BCUT2D eigenvalue weighted by atomic mass is 19.3. The Morgan fingerprint density at radius 3 is 2.84 bits per heavy atom. The summed E-state index contributed by atoms with van der Waals surface area (Å²) in [5, 5.41) is 15.1. The van der Waals surface area contributed by atoms with E-state index in [1.165, 1.54) is 28.1 Å². The number of rotatable bonds is 7. The summed E-state index contributed by atoms with van der Waals surface area (Å²) in [5.74, 6) is -0.715. The summed E-state index contributed by atoms with van der Waals surface area (Å²) in [6, 6.07) is 4.23. The van der Waals surface area contributed by atoms with E-state index in [1.807, 2.05) is 0 Å². The molecule has 1 amide bonds. The van der Waals surface area contributed by atoms with Crippen molar-refractivity contribution in [3.8, 4) is 17.0 Å². The van der Waals surface area contributed by atoms with Crippen LogP contribution in [-0.2, 0) is 11.3 Å². The van der Waals surface area contributed by atoms with Gasteiger partial charge in [0.1, 0.15) is 17.2 Å². The van der Waals surface area contributed by atoms with Gasteiger partial charge in [-0.15, -0.1) is 10.2 Å². The first-order chi connectivity index (χ1) is 17.7. The van der Waals surface area contributed by atoms with Gasteiger partial charge in [-0.25, -0.2) is 26.8 Å². The average Bonchev–Trinajstić information content (AvgIpc) is 3.42. The van der Waals surface area contributed by atoms with Crippen LogP contribution in [0.5, 0.6) is 5.88 Å². The molecule has 1 aliphatic rings. The molecule has 1 aromatic carbocycles. The standard InChI is InChI=1S/C23H24F4N8O2/c1-12(36)33-7-5-16(14(24)10-33)28-23-29-22(37-2)21-20(15(25)11-35(21)31-23)13-3-4-17-18(9-13)34(32-30-17)8-6-19(26)27/h3-4,9,11,14,16,19H,5-8,10H2,1-2H3,(H,28,31)/t14-,16+/m1/s1. The Morgan fingerprint density at radius 1 is 1.32 bits per heavy atom. The number of fused-ring (bicyclic) bond motifs is 2. The van der Waals surface area contributed by atoms with E-state index in [0.29, 0.717) is 29.6 Å². The number of aromatic nitrogens is 6. The van der Waals surface area contributed by atoms with Crippen molar-refractivity contribution in [1.82, 2.24) is 34.5 Å². The third kappa shape index (κ3) is 4.74. The van der Waals surface area contributed by atoms with Crippen LogP contribution in [0, 0.1) is 5.82 Å². The molecule has 14 heteroatoms. The lowest BCUT2D eigenvalue weighted by molar-refractivity contribution is -0.131. The maximum absolute atomic E-state index is 15.3. The van der Waals surface area contributed by atoms with Crippen molar-refractivity contribution in [2.45, 2.75) is 44.9 Å². The molecule has 5 rings (SSSR count). The second kappa shape index (κ2) is 9.82. The first kappa shape index (κ1) is 24.7. The van der Waals surface area contributed by atoms with Crippen molar-refractivity contribution in [3.63, 3.8) is 0 Å². The summed E-state index contributed by atoms with van der Waals surface area (Å²) in [6.45, 7) is 1.70. The van der Waals surface area contributed by atoms with Crippen LogP contribution < -0.4 is 10.1 Å². The number of benzene rings is 1. The highest BCUT2D eigenvalue weighted by Gasteiger charge is 2.31. The van der Waals surface area contributed by atoms with E-state index in [4.69, 9.17) is 4.74 Å². The largest absolute Gasteiger partial charge is 0.479 e. The number of methoxy groups -OCH3 is 1. The molecule has 0 bridgehead atoms. The number of carbonyl (C=O) groups is 1. The molecule has 3 aromatic heterocycles. The molecule has 1 N–H and O–H groups in total. The lowest BCUT2D eigenvalue weighted by Crippen LogP contribution is -2.49. The van der Waals surface area contributed by atoms with Crippen LogP contribution in [0.15, 0.2) is 24.4 Å². The Bertz CT molecular complexity index is 1460. The number of aryl methyl sites for hydroxylation is 1. The van der Waals surface area contributed by atoms with Crippen LogP contribution in [0.2, 0.25) is 0 Å². The topological polar surface area (TPSA) is 102 Å². The molecule has 37 heavy (non-hydrogen) atoms. The van der Waals surface area contributed by atoms with Gasteiger partial charge in [0.05, 0.1) is 37.0 Å². The van der Waals surface area contributed by atoms with Gasteiger partial charge < -0.3 is 15.0 Å². The Morgan fingerprint density at radius 2 is 2.14 bits per heavy atom. The van der Waals surface area contributed by atoms with Gasteiger partial charge in [0.15, 0.2) is 5.82 Å². The number of ether oxygens (including phenoxy) is 1. The number of hydrogen-bond acceptors (Lipinski definition) is 7. The van der Waals surface area contributed by atoms with Crippen LogP contribution >= 0.6 is 0 Å². The molecule has 1 fully saturated rings. The number of anilines is 1. The highest BCUT2D eigenvalue weighted by molar-refractivity contribution is 5.89. The van der Waals surface area contributed by atoms with Gasteiger partial charge in [-0.2, -0.15) is 4.98 Å². The zero-order valence-electron chi connectivity index (χ0n) is 20.0. The molecule has 10 nitrogen and oxygen atoms in total. The molecule has 196 valence electrons. The molecule has 0 spiro atoms. The Balaban J connectivity index is 1.49. The summed E-state index contributed by atoms with van der Waals surface area (Å²) >= 11 is 0. The highest BCUT2D eigenvalue weighted by Crippen LogP contribution is 2.35. The molecule has 0 unspecified atom stereocenters. The predicted molar refractivity (Wildman–Crippen MR) is 126 cm³/mol. The number of nitrogens with one attached hydrogen (secondary N) is 1. The molecule has 4 heterocycles. The third-order valence-corrected chi connectivity index (χ3v) is 6.41. The molecule has 1 aliphatic heterocycles. The molecule has 0 radical (unpaired) electrons. The molecule has 2 atom stereocenters. The number of amides is 1. The number of nitrogens with zero attached hydrogens (tertiary/aromatic N) is 7. The Kier molecular flexibility index (Phi) is 6.56. The minimum absolute atomic E-state index is 0.0413. The van der Waals surface area contributed by atoms with Crippen molar-refractivity contribution < 1.29 is 27.1 Å². The lowest BCUT2D eigenvalue weighted by atomic mass is 10.0. The number of hydrogen-bond donors (Lipinski definition) is 1. The summed E-state index contributed by atoms with van der Waals surface area (Å²) in [4.78, 5) is 17.3. The molecular weight excluding hydrogens is 496 g/mol. The minimum atomic E-state index is -2.49. The number of alkyl halides is 3. The van der Waals surface area contributed by atoms with E-state index in [2.05, 4.69) is 25.7 Å². The monoisotopic (exact) mass is 520 g/mol. The van der Waals surface area contributed by atoms with Crippen LogP contribution in [-0.4, -0.2) is 79.2 Å². The molecule has 4 aromatic rings. The maximum atomic E-state index is 15.3. The zero-order chi connectivity index (χ0) is 26.3. The van der Waals surface area contributed by atoms with Gasteiger partial charge in [0.25, 0.3) is 0 Å². The van der Waals surface area contributed by atoms with E-state index < -0.39 is 30.9 Å². The lowest BCUT2D eigenvalue weighted by Gasteiger charge is -2.34. The van der Waals surface area contributed by atoms with Gasteiger partial charge in [0, 0.05) is 26.4 Å². The quantitative estimate of drug-likeness (QED) is 0.373. The summed E-state index contributed by atoms with van der Waals surface area (Å²) < 4.78 is 63.4. The second-order valence-corrected chi connectivity index (χ2v) is 8.81. The molecule has 1 saturated heterocycles. The predicted octanol–water partition coefficient (Wildman–Crippen LogP) is 3.31. The van der Waals surface area contributed by atoms with Gasteiger partial charge in [-0.1, -0.05) is 11.3 Å². The van der Waals surface area contributed by atoms with Crippen molar-refractivity contribution >= 4 is 28.4 Å². The first-order valence-corrected chi connectivity index (χ1v) is 11.7. The molecule has 0 saturated carbocycles. The number of likely N-dealkylation sites (tertiary alicyclic amines) is 1. The average molecular weight is 520 g/mol. The van der Waals surface area contributed by atoms with Crippen molar-refractivity contribution in [1.29, 1.82) is 0 Å². The van der Waals surface area contributed by atoms with Crippen LogP contribution in [0.3, 0.4) is 0 Å². The molecular formula is C23H24F4N8O2. The van der Waals surface area contributed by atoms with E-state index >= 15 is 4.39 Å². The van der Waals surface area contributed by atoms with E-state index in [0.717, 1.165) is 6.20 Å². The fraction of sp³-hybridized carbons (Fsp3) is 0.435. The molecule has 0 aliphatic carbocycles. The fourth-order valence-electron chi connectivity index (χ4n) is 4.52. The van der Waals surface area contributed by atoms with Crippen molar-refractivity contribution in [3.05, 3.63) is 30.2 Å². The van der Waals surface area contributed by atoms with Gasteiger partial charge >= 0.3 is 0 Å². The SMILES string of the molecule is COc1nc(N[C@H]2CCN(C(C)=O)C[C@H]2F)nn2cc(F)c(-c3ccc4nnn(CCC(F)F)c4c3)c12. The number of piperidine rings is 1. The minimum Gasteiger partial charge on any atom is -0.479 e. The Labute approximate surface area is 208 Å². The summed E-state index contributed by atoms with van der Waals surface area (Å²) in [7, 11) is 1.37. The zero-order valence-corrected chi connectivity index (χ0v) is 20.0.